The van der Waals surface area contributed by atoms with Crippen molar-refractivity contribution in [1.29, 1.82) is 0 Å². The lowest BCUT2D eigenvalue weighted by molar-refractivity contribution is -0.385. The van der Waals surface area contributed by atoms with Crippen LogP contribution in [0.4, 0.5) is 15.9 Å². The van der Waals surface area contributed by atoms with Crippen molar-refractivity contribution in [2.75, 3.05) is 5.32 Å². The van der Waals surface area contributed by atoms with Crippen molar-refractivity contribution in [2.45, 2.75) is 18.4 Å². The molecule has 1 aliphatic rings. The molecule has 0 unspecified atom stereocenters. The zero-order chi connectivity index (χ0) is 15.0. The van der Waals surface area contributed by atoms with Crippen molar-refractivity contribution < 1.29 is 9.31 Å². The quantitative estimate of drug-likeness (QED) is 0.670. The van der Waals surface area contributed by atoms with Gasteiger partial charge in [-0.05, 0) is 40.0 Å². The number of hydrogen-bond acceptors (Lipinski definition) is 4. The summed E-state index contributed by atoms with van der Waals surface area (Å²) in [6, 6.07) is 8.12. The Morgan fingerprint density at radius 1 is 1.43 bits per heavy atom. The van der Waals surface area contributed by atoms with E-state index in [0.717, 1.165) is 12.0 Å². The lowest BCUT2D eigenvalue weighted by Crippen LogP contribution is -2.07. The normalized spacial score (nSPS) is 20.1. The molecule has 0 aliphatic heterocycles. The van der Waals surface area contributed by atoms with Crippen molar-refractivity contribution in [3.63, 3.8) is 0 Å². The van der Waals surface area contributed by atoms with Gasteiger partial charge in [-0.25, -0.2) is 9.37 Å². The van der Waals surface area contributed by atoms with Gasteiger partial charge in [0.2, 0.25) is 0 Å². The summed E-state index contributed by atoms with van der Waals surface area (Å²) >= 11 is 3.27. The lowest BCUT2D eigenvalue weighted by Gasteiger charge is -2.07. The molecule has 108 valence electrons. The number of aromatic nitrogens is 1. The molecule has 1 N–H and O–H groups in total. The zero-order valence-corrected chi connectivity index (χ0v) is 12.4. The van der Waals surface area contributed by atoms with Crippen molar-refractivity contribution in [1.82, 2.24) is 4.98 Å². The highest BCUT2D eigenvalue weighted by atomic mass is 79.9. The molecular weight excluding hydrogens is 341 g/mol. The van der Waals surface area contributed by atoms with E-state index in [1.54, 1.807) is 6.07 Å². The molecule has 1 aromatic heterocycles. The van der Waals surface area contributed by atoms with Crippen molar-refractivity contribution in [3.8, 4) is 0 Å². The minimum Gasteiger partial charge on any atom is -0.366 e. The maximum atomic E-state index is 13.2. The van der Waals surface area contributed by atoms with Crippen LogP contribution in [0.2, 0.25) is 0 Å². The standard InChI is InChI=1S/C14H11BrFN3O2/c15-12-5-10(19(20)21)7-17-14(12)18-13-6-11(13)8-2-1-3-9(16)4-8/h1-5,7,11,13H,6H2,(H,17,18)/t11-,13+/m0/s1. The van der Waals surface area contributed by atoms with Crippen LogP contribution in [0.1, 0.15) is 17.9 Å². The van der Waals surface area contributed by atoms with Crippen LogP contribution in [0.25, 0.3) is 0 Å². The van der Waals surface area contributed by atoms with Crippen LogP contribution in [0.3, 0.4) is 0 Å². The summed E-state index contributed by atoms with van der Waals surface area (Å²) in [5.74, 6) is 0.557. The van der Waals surface area contributed by atoms with Gasteiger partial charge < -0.3 is 5.32 Å². The fourth-order valence-electron chi connectivity index (χ4n) is 2.27. The van der Waals surface area contributed by atoms with E-state index in [9.17, 15) is 14.5 Å². The summed E-state index contributed by atoms with van der Waals surface area (Å²) in [4.78, 5) is 14.2. The second-order valence-electron chi connectivity index (χ2n) is 4.93. The molecular formula is C14H11BrFN3O2. The van der Waals surface area contributed by atoms with Crippen LogP contribution in [0.5, 0.6) is 0 Å². The number of benzene rings is 1. The van der Waals surface area contributed by atoms with E-state index in [2.05, 4.69) is 26.2 Å². The van der Waals surface area contributed by atoms with Crippen molar-refractivity contribution in [2.24, 2.45) is 0 Å². The molecule has 2 atom stereocenters. The third-order valence-electron chi connectivity index (χ3n) is 3.43. The monoisotopic (exact) mass is 351 g/mol. The molecule has 1 heterocycles. The molecule has 21 heavy (non-hydrogen) atoms. The highest BCUT2D eigenvalue weighted by Gasteiger charge is 2.39. The van der Waals surface area contributed by atoms with Crippen LogP contribution in [-0.4, -0.2) is 15.9 Å². The zero-order valence-electron chi connectivity index (χ0n) is 10.8. The first-order valence-electron chi connectivity index (χ1n) is 6.36. The number of nitro groups is 1. The molecule has 7 heteroatoms. The molecule has 0 amide bonds. The average molecular weight is 352 g/mol. The number of nitrogens with zero attached hydrogens (tertiary/aromatic N) is 2. The molecule has 0 radical (unpaired) electrons. The highest BCUT2D eigenvalue weighted by molar-refractivity contribution is 9.10. The summed E-state index contributed by atoms with van der Waals surface area (Å²) in [6.07, 6.45) is 2.10. The average Bonchev–Trinajstić information content (AvgIpc) is 3.20. The lowest BCUT2D eigenvalue weighted by atomic mass is 10.1. The van der Waals surface area contributed by atoms with Crippen LogP contribution in [0.15, 0.2) is 41.0 Å². The van der Waals surface area contributed by atoms with Gasteiger partial charge >= 0.3 is 0 Å². The molecule has 0 spiro atoms. The highest BCUT2D eigenvalue weighted by Crippen LogP contribution is 2.43. The van der Waals surface area contributed by atoms with Crippen LogP contribution in [-0.2, 0) is 0 Å². The topological polar surface area (TPSA) is 68.1 Å². The first-order chi connectivity index (χ1) is 10.0. The first-order valence-corrected chi connectivity index (χ1v) is 7.16. The number of pyridine rings is 1. The van der Waals surface area contributed by atoms with Gasteiger partial charge in [0.1, 0.15) is 17.8 Å². The fourth-order valence-corrected chi connectivity index (χ4v) is 2.72. The molecule has 0 bridgehead atoms. The summed E-state index contributed by atoms with van der Waals surface area (Å²) in [6.45, 7) is 0. The minimum atomic E-state index is -0.492. The van der Waals surface area contributed by atoms with E-state index in [0.29, 0.717) is 10.3 Å². The minimum absolute atomic E-state index is 0.0649. The second-order valence-corrected chi connectivity index (χ2v) is 5.78. The number of rotatable bonds is 4. The van der Waals surface area contributed by atoms with E-state index in [1.165, 1.54) is 24.4 Å². The second kappa shape index (κ2) is 5.40. The van der Waals surface area contributed by atoms with Gasteiger partial charge in [0, 0.05) is 18.0 Å². The van der Waals surface area contributed by atoms with Gasteiger partial charge in [0.05, 0.1) is 9.40 Å². The Labute approximate surface area is 128 Å². The number of hydrogen-bond donors (Lipinski definition) is 1. The number of halogens is 2. The van der Waals surface area contributed by atoms with Gasteiger partial charge in [0.25, 0.3) is 5.69 Å². The molecule has 1 saturated carbocycles. The Morgan fingerprint density at radius 2 is 2.24 bits per heavy atom. The Morgan fingerprint density at radius 3 is 2.90 bits per heavy atom. The largest absolute Gasteiger partial charge is 0.366 e. The maximum absolute atomic E-state index is 13.2. The molecule has 2 aromatic rings. The molecule has 3 rings (SSSR count). The van der Waals surface area contributed by atoms with Gasteiger partial charge in [-0.1, -0.05) is 12.1 Å². The predicted octanol–water partition coefficient (Wildman–Crippen LogP) is 3.86. The summed E-state index contributed by atoms with van der Waals surface area (Å²) in [5.41, 5.74) is 0.885. The van der Waals surface area contributed by atoms with Gasteiger partial charge in [0.15, 0.2) is 0 Å². The maximum Gasteiger partial charge on any atom is 0.288 e. The van der Waals surface area contributed by atoms with E-state index in [1.807, 2.05) is 6.07 Å². The third-order valence-corrected chi connectivity index (χ3v) is 4.03. The summed E-state index contributed by atoms with van der Waals surface area (Å²) in [5, 5.41) is 13.9. The van der Waals surface area contributed by atoms with Crippen molar-refractivity contribution >= 4 is 27.4 Å². The molecule has 0 saturated heterocycles. The first kappa shape index (κ1) is 13.9. The van der Waals surface area contributed by atoms with Gasteiger partial charge in [-0.15, -0.1) is 0 Å². The van der Waals surface area contributed by atoms with E-state index < -0.39 is 4.92 Å². The molecule has 1 fully saturated rings. The van der Waals surface area contributed by atoms with Crippen LogP contribution in [0, 0.1) is 15.9 Å². The summed E-state index contributed by atoms with van der Waals surface area (Å²) in [7, 11) is 0. The number of anilines is 1. The Balaban J connectivity index is 1.70. The van der Waals surface area contributed by atoms with Crippen molar-refractivity contribution in [3.05, 3.63) is 62.5 Å². The van der Waals surface area contributed by atoms with E-state index >= 15 is 0 Å². The van der Waals surface area contributed by atoms with E-state index in [4.69, 9.17) is 0 Å². The van der Waals surface area contributed by atoms with E-state index in [-0.39, 0.29) is 23.5 Å². The smallest absolute Gasteiger partial charge is 0.288 e. The Kier molecular flexibility index (Phi) is 3.59. The van der Waals surface area contributed by atoms with Crippen LogP contribution >= 0.6 is 15.9 Å². The molecule has 1 aromatic carbocycles. The fraction of sp³-hybridized carbons (Fsp3) is 0.214. The van der Waals surface area contributed by atoms with Gasteiger partial charge in [-0.3, -0.25) is 10.1 Å². The predicted molar refractivity (Wildman–Crippen MR) is 79.8 cm³/mol. The van der Waals surface area contributed by atoms with Crippen LogP contribution < -0.4 is 5.32 Å². The summed E-state index contributed by atoms with van der Waals surface area (Å²) < 4.78 is 13.7. The molecule has 1 aliphatic carbocycles. The SMILES string of the molecule is O=[N+]([O-])c1cnc(N[C@@H]2C[C@H]2c2cccc(F)c2)c(Br)c1. The Bertz CT molecular complexity index is 710. The third kappa shape index (κ3) is 3.02. The van der Waals surface area contributed by atoms with Gasteiger partial charge in [-0.2, -0.15) is 0 Å². The molecule has 5 nitrogen and oxygen atoms in total. The Hall–Kier alpha value is -2.02. The number of nitrogens with one attached hydrogen (secondary N) is 1.